The number of hydrogen-bond acceptors (Lipinski definition) is 6. The number of ether oxygens (including phenoxy) is 1. The zero-order chi connectivity index (χ0) is 29.0. The smallest absolute Gasteiger partial charge is 0.248 e. The SMILES string of the molecule is N#Cc1ccc(COc2ccc(C#N)cc2CN2CCN(C(=O)CNC(=O)C3CC34CCC(F)(F)CC4)CC2)cc1. The maximum absolute atomic E-state index is 13.5. The van der Waals surface area contributed by atoms with Gasteiger partial charge < -0.3 is 15.0 Å². The minimum absolute atomic E-state index is 0.0842. The number of hydrogen-bond donors (Lipinski definition) is 1. The molecule has 1 atom stereocenters. The molecule has 1 spiro atoms. The Bertz CT molecular complexity index is 1360. The first-order chi connectivity index (χ1) is 19.7. The molecule has 0 aromatic heterocycles. The van der Waals surface area contributed by atoms with E-state index in [4.69, 9.17) is 10.00 Å². The summed E-state index contributed by atoms with van der Waals surface area (Å²) in [6.07, 6.45) is 1.05. The summed E-state index contributed by atoms with van der Waals surface area (Å²) >= 11 is 0. The lowest BCUT2D eigenvalue weighted by atomic mass is 9.82. The van der Waals surface area contributed by atoms with Crippen molar-refractivity contribution in [3.8, 4) is 17.9 Å². The highest BCUT2D eigenvalue weighted by Gasteiger charge is 2.60. The van der Waals surface area contributed by atoms with Crippen LogP contribution in [0.3, 0.4) is 0 Å². The number of nitrogens with one attached hydrogen (secondary N) is 1. The van der Waals surface area contributed by atoms with E-state index in [2.05, 4.69) is 22.4 Å². The number of nitriles is 2. The van der Waals surface area contributed by atoms with Gasteiger partial charge in [-0.3, -0.25) is 14.5 Å². The molecule has 2 amide bonds. The zero-order valence-electron chi connectivity index (χ0n) is 22.9. The van der Waals surface area contributed by atoms with Crippen molar-refractivity contribution >= 4 is 11.8 Å². The third-order valence-electron chi connectivity index (χ3n) is 8.68. The van der Waals surface area contributed by atoms with Crippen molar-refractivity contribution < 1.29 is 23.1 Å². The van der Waals surface area contributed by atoms with Gasteiger partial charge in [0.1, 0.15) is 12.4 Å². The van der Waals surface area contributed by atoms with Crippen LogP contribution in [-0.4, -0.2) is 60.3 Å². The van der Waals surface area contributed by atoms with E-state index in [-0.39, 0.29) is 42.5 Å². The molecule has 10 heteroatoms. The van der Waals surface area contributed by atoms with E-state index < -0.39 is 5.92 Å². The molecule has 3 aliphatic rings. The van der Waals surface area contributed by atoms with Gasteiger partial charge in [0.05, 0.1) is 29.8 Å². The summed E-state index contributed by atoms with van der Waals surface area (Å²) in [6, 6.07) is 16.8. The Morgan fingerprint density at radius 3 is 2.27 bits per heavy atom. The molecule has 2 aliphatic carbocycles. The van der Waals surface area contributed by atoms with E-state index in [9.17, 15) is 23.6 Å². The molecule has 0 radical (unpaired) electrons. The summed E-state index contributed by atoms with van der Waals surface area (Å²) in [5.41, 5.74) is 2.63. The van der Waals surface area contributed by atoms with Gasteiger partial charge in [-0.2, -0.15) is 10.5 Å². The lowest BCUT2D eigenvalue weighted by Gasteiger charge is -2.35. The predicted molar refractivity (Wildman–Crippen MR) is 145 cm³/mol. The summed E-state index contributed by atoms with van der Waals surface area (Å²) < 4.78 is 33.1. The van der Waals surface area contributed by atoms with Gasteiger partial charge in [0.2, 0.25) is 17.7 Å². The van der Waals surface area contributed by atoms with Crippen molar-refractivity contribution in [3.63, 3.8) is 0 Å². The van der Waals surface area contributed by atoms with Crippen LogP contribution >= 0.6 is 0 Å². The number of alkyl halides is 2. The number of piperazine rings is 1. The molecule has 8 nitrogen and oxygen atoms in total. The van der Waals surface area contributed by atoms with Crippen LogP contribution in [0.15, 0.2) is 42.5 Å². The zero-order valence-corrected chi connectivity index (χ0v) is 22.9. The Labute approximate surface area is 238 Å². The number of halogens is 2. The van der Waals surface area contributed by atoms with Gasteiger partial charge >= 0.3 is 0 Å². The molecular formula is C31H33F2N5O3. The average Bonchev–Trinajstić information content (AvgIpc) is 3.71. The van der Waals surface area contributed by atoms with E-state index in [0.29, 0.717) is 75.5 Å². The normalized spacial score (nSPS) is 21.0. The quantitative estimate of drug-likeness (QED) is 0.522. The van der Waals surface area contributed by atoms with Crippen molar-refractivity contribution in [2.75, 3.05) is 32.7 Å². The Morgan fingerprint density at radius 2 is 1.61 bits per heavy atom. The predicted octanol–water partition coefficient (Wildman–Crippen LogP) is 3.98. The van der Waals surface area contributed by atoms with E-state index in [0.717, 1.165) is 11.1 Å². The van der Waals surface area contributed by atoms with Gasteiger partial charge in [0.25, 0.3) is 0 Å². The van der Waals surface area contributed by atoms with Crippen LogP contribution in [0.1, 0.15) is 54.4 Å². The second-order valence-corrected chi connectivity index (χ2v) is 11.4. The molecule has 0 bridgehead atoms. The lowest BCUT2D eigenvalue weighted by molar-refractivity contribution is -0.135. The maximum atomic E-state index is 13.5. The Morgan fingerprint density at radius 1 is 0.951 bits per heavy atom. The number of carbonyl (C=O) groups is 2. The van der Waals surface area contributed by atoms with Crippen molar-refractivity contribution in [1.82, 2.24) is 15.1 Å². The van der Waals surface area contributed by atoms with Gasteiger partial charge in [0.15, 0.2) is 0 Å². The maximum Gasteiger partial charge on any atom is 0.248 e. The fourth-order valence-corrected chi connectivity index (χ4v) is 5.93. The molecule has 41 heavy (non-hydrogen) atoms. The highest BCUT2D eigenvalue weighted by molar-refractivity contribution is 5.88. The number of amides is 2. The molecule has 214 valence electrons. The Kier molecular flexibility index (Phi) is 8.23. The van der Waals surface area contributed by atoms with E-state index in [1.165, 1.54) is 0 Å². The van der Waals surface area contributed by atoms with Crippen LogP contribution < -0.4 is 10.1 Å². The molecule has 1 unspecified atom stereocenters. The molecule has 3 fully saturated rings. The Hall–Kier alpha value is -4.02. The van der Waals surface area contributed by atoms with Crippen LogP contribution in [0, 0.1) is 34.0 Å². The summed E-state index contributed by atoms with van der Waals surface area (Å²) in [5.74, 6) is -2.56. The van der Waals surface area contributed by atoms with Crippen molar-refractivity contribution in [3.05, 3.63) is 64.7 Å². The first-order valence-corrected chi connectivity index (χ1v) is 14.0. The minimum Gasteiger partial charge on any atom is -0.489 e. The molecule has 2 aromatic rings. The lowest BCUT2D eigenvalue weighted by Crippen LogP contribution is -2.51. The van der Waals surface area contributed by atoms with Crippen LogP contribution in [0.5, 0.6) is 5.75 Å². The second kappa shape index (κ2) is 11.8. The average molecular weight is 562 g/mol. The van der Waals surface area contributed by atoms with E-state index >= 15 is 0 Å². The molecule has 1 heterocycles. The van der Waals surface area contributed by atoms with Gasteiger partial charge in [-0.1, -0.05) is 12.1 Å². The minimum atomic E-state index is -2.62. The van der Waals surface area contributed by atoms with Gasteiger partial charge in [-0.05, 0) is 60.6 Å². The summed E-state index contributed by atoms with van der Waals surface area (Å²) in [5, 5.41) is 21.1. The standard InChI is InChI=1S/C31H33F2N5O3/c32-31(33)9-7-30(8-10-31)16-26(30)29(40)36-19-28(39)38-13-11-37(12-14-38)20-25-15-24(18-35)5-6-27(25)41-21-23-3-1-22(17-34)2-4-23/h1-6,15,26H,7-14,16,19-21H2,(H,36,40). The number of rotatable bonds is 8. The first-order valence-electron chi connectivity index (χ1n) is 14.0. The summed E-state index contributed by atoms with van der Waals surface area (Å²) in [4.78, 5) is 29.3. The van der Waals surface area contributed by atoms with Crippen LogP contribution in [-0.2, 0) is 22.7 Å². The molecule has 1 N–H and O–H groups in total. The molecular weight excluding hydrogens is 528 g/mol. The fraction of sp³-hybridized carbons (Fsp3) is 0.484. The van der Waals surface area contributed by atoms with Crippen molar-refractivity contribution in [2.24, 2.45) is 11.3 Å². The van der Waals surface area contributed by atoms with Crippen LogP contribution in [0.4, 0.5) is 8.78 Å². The number of benzene rings is 2. The number of nitrogens with zero attached hydrogens (tertiary/aromatic N) is 4. The summed E-state index contributed by atoms with van der Waals surface area (Å²) in [6.45, 7) is 3.08. The van der Waals surface area contributed by atoms with Crippen molar-refractivity contribution in [2.45, 2.75) is 51.2 Å². The van der Waals surface area contributed by atoms with E-state index in [1.807, 2.05) is 18.2 Å². The largest absolute Gasteiger partial charge is 0.489 e. The summed E-state index contributed by atoms with van der Waals surface area (Å²) in [7, 11) is 0. The van der Waals surface area contributed by atoms with Gasteiger partial charge in [0, 0.05) is 57.0 Å². The first kappa shape index (κ1) is 28.5. The molecule has 5 rings (SSSR count). The molecule has 2 aromatic carbocycles. The highest BCUT2D eigenvalue weighted by Crippen LogP contribution is 2.63. The van der Waals surface area contributed by atoms with Crippen LogP contribution in [0.2, 0.25) is 0 Å². The third-order valence-corrected chi connectivity index (χ3v) is 8.68. The van der Waals surface area contributed by atoms with Crippen molar-refractivity contribution in [1.29, 1.82) is 10.5 Å². The number of carbonyl (C=O) groups excluding carboxylic acids is 2. The third kappa shape index (κ3) is 6.83. The fourth-order valence-electron chi connectivity index (χ4n) is 5.93. The topological polar surface area (TPSA) is 109 Å². The monoisotopic (exact) mass is 561 g/mol. The molecule has 2 saturated carbocycles. The van der Waals surface area contributed by atoms with Crippen LogP contribution in [0.25, 0.3) is 0 Å². The second-order valence-electron chi connectivity index (χ2n) is 11.4. The van der Waals surface area contributed by atoms with E-state index in [1.54, 1.807) is 29.2 Å². The molecule has 1 saturated heterocycles. The molecule has 1 aliphatic heterocycles. The Balaban J connectivity index is 1.09. The van der Waals surface area contributed by atoms with Gasteiger partial charge in [-0.25, -0.2) is 8.78 Å². The highest BCUT2D eigenvalue weighted by atomic mass is 19.3. The van der Waals surface area contributed by atoms with Gasteiger partial charge in [-0.15, -0.1) is 0 Å².